The standard InChI is InChI=1S/C104H93BN4O/c1-100(2,3)70-46-51-88-82(59-70)83-60-71(101(4,5)6)47-52-89(83)106(88)75-48-50-85-93(63-75)108(91-44-30-40-79-78-39-29-43-90(98(78)110-99(79)91)107-86-41-27-25-37-76(86)77-38-26-28-42-87(77)107)94-56-69(68-53-72(102(7,8)9)58-73(54-68)103(10,11)12)57-95-96(94)105(85)84-49-45-67(64-31-19-16-20-32-64)55-92(84)109(95)97-80(65-33-21-17-22-34-65)61-74(104(13,14)15)62-81(97)66-35-23-18-24-36-66/h16-63H,1-15H3/i16D,19D,20D,25D,26D,27D,28D,31D,32D,37D,38D,41D,42D. The lowest BCUT2D eigenvalue weighted by Gasteiger charge is -2.45. The van der Waals surface area contributed by atoms with E-state index in [0.29, 0.717) is 27.6 Å². The second-order valence-corrected chi connectivity index (χ2v) is 35.2. The van der Waals surface area contributed by atoms with Crippen LogP contribution in [0.4, 0.5) is 34.1 Å². The minimum atomic E-state index is -0.608. The molecule has 2 aliphatic heterocycles. The first kappa shape index (κ1) is 55.5. The summed E-state index contributed by atoms with van der Waals surface area (Å²) in [4.78, 5) is 4.76. The zero-order valence-electron chi connectivity index (χ0n) is 78.0. The Hall–Kier alpha value is -11.9. The van der Waals surface area contributed by atoms with E-state index >= 15 is 0 Å². The highest BCUT2D eigenvalue weighted by Crippen LogP contribution is 2.55. The van der Waals surface area contributed by atoms with Gasteiger partial charge in [-0.2, -0.15) is 0 Å². The fourth-order valence-electron chi connectivity index (χ4n) is 17.0. The van der Waals surface area contributed by atoms with E-state index in [1.54, 1.807) is 6.07 Å². The molecule has 0 fully saturated rings. The third-order valence-corrected chi connectivity index (χ3v) is 23.0. The number of aromatic nitrogens is 2. The zero-order valence-corrected chi connectivity index (χ0v) is 65.0. The number of furan rings is 1. The van der Waals surface area contributed by atoms with Crippen molar-refractivity contribution in [1.82, 2.24) is 9.13 Å². The molecule has 0 bridgehead atoms. The van der Waals surface area contributed by atoms with Gasteiger partial charge in [0.05, 0.1) is 56.9 Å². The van der Waals surface area contributed by atoms with Crippen LogP contribution in [0.5, 0.6) is 0 Å². The van der Waals surface area contributed by atoms with Crippen LogP contribution in [0.15, 0.2) is 295 Å². The molecule has 110 heavy (non-hydrogen) atoms. The molecule has 2 aliphatic rings. The van der Waals surface area contributed by atoms with Crippen LogP contribution in [0.1, 0.15) is 149 Å². The molecule has 0 aliphatic carbocycles. The number of fused-ring (bicyclic) bond motifs is 13. The van der Waals surface area contributed by atoms with Gasteiger partial charge in [-0.05, 0) is 196 Å². The third-order valence-electron chi connectivity index (χ3n) is 23.0. The molecule has 5 heterocycles. The van der Waals surface area contributed by atoms with E-state index in [0.717, 1.165) is 122 Å². The highest BCUT2D eigenvalue weighted by Gasteiger charge is 2.46. The second kappa shape index (κ2) is 24.8. The fourth-order valence-corrected chi connectivity index (χ4v) is 17.0. The van der Waals surface area contributed by atoms with Gasteiger partial charge in [-0.15, -0.1) is 0 Å². The summed E-state index contributed by atoms with van der Waals surface area (Å²) in [5.41, 5.74) is 21.5. The minimum Gasteiger partial charge on any atom is -0.452 e. The van der Waals surface area contributed by atoms with Gasteiger partial charge in [-0.25, -0.2) is 0 Å². The molecule has 6 heteroatoms. The average molecular weight is 1440 g/mol. The van der Waals surface area contributed by atoms with E-state index < -0.39 is 73.2 Å². The number of para-hydroxylation sites is 4. The quantitative estimate of drug-likeness (QED) is 0.142. The summed E-state index contributed by atoms with van der Waals surface area (Å²) in [5.74, 6) is 0. The van der Waals surface area contributed by atoms with Crippen LogP contribution in [-0.2, 0) is 27.1 Å². The predicted molar refractivity (Wildman–Crippen MR) is 472 cm³/mol. The molecule has 0 amide bonds. The Morgan fingerprint density at radius 2 is 0.736 bits per heavy atom. The molecule has 17 aromatic rings. The summed E-state index contributed by atoms with van der Waals surface area (Å²) in [6.45, 7) is 33.1. The van der Waals surface area contributed by atoms with Crippen molar-refractivity contribution < 1.29 is 22.2 Å². The summed E-state index contributed by atoms with van der Waals surface area (Å²) in [7, 11) is 0. The lowest BCUT2D eigenvalue weighted by atomic mass is 9.33. The van der Waals surface area contributed by atoms with Crippen molar-refractivity contribution in [3.8, 4) is 55.9 Å². The van der Waals surface area contributed by atoms with E-state index in [-0.39, 0.29) is 77.8 Å². The average Bonchev–Trinajstić information content (AvgIpc) is 1.60. The molecule has 14 aromatic carbocycles. The molecule has 0 unspecified atom stereocenters. The van der Waals surface area contributed by atoms with Gasteiger partial charge < -0.3 is 23.4 Å². The van der Waals surface area contributed by atoms with Gasteiger partial charge in [0.1, 0.15) is 0 Å². The van der Waals surface area contributed by atoms with Gasteiger partial charge in [0.2, 0.25) is 0 Å². The van der Waals surface area contributed by atoms with Crippen molar-refractivity contribution >= 4 is 123 Å². The maximum Gasteiger partial charge on any atom is 0.252 e. The summed E-state index contributed by atoms with van der Waals surface area (Å²) >= 11 is 0. The molecule has 0 spiro atoms. The smallest absolute Gasteiger partial charge is 0.252 e. The highest BCUT2D eigenvalue weighted by atomic mass is 16.3. The van der Waals surface area contributed by atoms with Crippen molar-refractivity contribution in [3.05, 3.63) is 319 Å². The SMILES string of the molecule is [2H]c1c([2H])c([2H])c(-c2ccc3c(c2)N(c2c(-c4ccccc4)cc(C(C)(C)C)cc2-c2ccccc2)c2cc(-c4cc(C(C)(C)C)cc(C(C)(C)C)c4)cc4c2B3c2ccc(-n3c5ccc(C(C)(C)C)cc5c5cc(C(C)(C)C)ccc53)cc2N4c2cccc3c2oc2c(-n4c5c([2H])c([2H])c([2H])c([2H])c5c5c([2H])c([2H])c([2H])c([2H])c54)cccc23)c([2H])c1[2H]. The number of anilines is 6. The number of benzene rings is 14. The molecule has 5 nitrogen and oxygen atoms in total. The normalized spacial score (nSPS) is 15.0. The molecule has 19 rings (SSSR count). The topological polar surface area (TPSA) is 29.5 Å². The van der Waals surface area contributed by atoms with E-state index in [1.165, 1.54) is 15.7 Å². The van der Waals surface area contributed by atoms with Crippen molar-refractivity contribution in [2.75, 3.05) is 9.80 Å². The Balaban J connectivity index is 1.01. The van der Waals surface area contributed by atoms with E-state index in [1.807, 2.05) is 48.5 Å². The summed E-state index contributed by atoms with van der Waals surface area (Å²) in [6.07, 6.45) is 0. The Bertz CT molecular complexity index is 7180. The molecule has 3 aromatic heterocycles. The number of hydrogen-bond donors (Lipinski definition) is 0. The first-order valence-corrected chi connectivity index (χ1v) is 38.3. The number of nitrogens with zero attached hydrogens (tertiary/aromatic N) is 4. The maximum absolute atomic E-state index is 9.74. The van der Waals surface area contributed by atoms with Gasteiger partial charge in [0, 0.05) is 71.9 Å². The van der Waals surface area contributed by atoms with Crippen molar-refractivity contribution in [2.45, 2.75) is 131 Å². The summed E-state index contributed by atoms with van der Waals surface area (Å²) in [6, 6.07) is 69.7. The zero-order chi connectivity index (χ0) is 87.1. The maximum atomic E-state index is 9.74. The molecule has 0 saturated heterocycles. The summed E-state index contributed by atoms with van der Waals surface area (Å²) < 4.78 is 133. The first-order chi connectivity index (χ1) is 58.1. The first-order valence-electron chi connectivity index (χ1n) is 44.8. The third kappa shape index (κ3) is 11.1. The van der Waals surface area contributed by atoms with Crippen molar-refractivity contribution in [2.24, 2.45) is 0 Å². The van der Waals surface area contributed by atoms with Crippen LogP contribution in [0, 0.1) is 0 Å². The molecule has 0 N–H and O–H groups in total. The Morgan fingerprint density at radius 1 is 0.282 bits per heavy atom. The number of rotatable bonds is 8. The lowest BCUT2D eigenvalue weighted by molar-refractivity contribution is 0.569. The van der Waals surface area contributed by atoms with Gasteiger partial charge in [-0.3, -0.25) is 0 Å². The lowest BCUT2D eigenvalue weighted by Crippen LogP contribution is -2.61. The monoisotopic (exact) mass is 1440 g/mol. The predicted octanol–water partition coefficient (Wildman–Crippen LogP) is 27.0. The van der Waals surface area contributed by atoms with Crippen LogP contribution < -0.4 is 26.2 Å². The van der Waals surface area contributed by atoms with Crippen molar-refractivity contribution in [1.29, 1.82) is 0 Å². The van der Waals surface area contributed by atoms with Gasteiger partial charge in [-0.1, -0.05) is 304 Å². The Labute approximate surface area is 666 Å². The fraction of sp³-hybridized carbons (Fsp3) is 0.192. The number of hydrogen-bond acceptors (Lipinski definition) is 3. The van der Waals surface area contributed by atoms with Gasteiger partial charge >= 0.3 is 0 Å². The molecular formula is C104H93BN4O. The molecule has 0 saturated carbocycles. The Morgan fingerprint density at radius 3 is 1.27 bits per heavy atom. The van der Waals surface area contributed by atoms with Gasteiger partial charge in [0.25, 0.3) is 6.71 Å². The van der Waals surface area contributed by atoms with Crippen molar-refractivity contribution in [3.63, 3.8) is 0 Å². The van der Waals surface area contributed by atoms with Crippen LogP contribution in [-0.4, -0.2) is 15.8 Å². The highest BCUT2D eigenvalue weighted by molar-refractivity contribution is 7.00. The van der Waals surface area contributed by atoms with E-state index in [2.05, 4.69) is 276 Å². The molecule has 538 valence electrons. The van der Waals surface area contributed by atoms with E-state index in [9.17, 15) is 11.0 Å². The van der Waals surface area contributed by atoms with Crippen LogP contribution >= 0.6 is 0 Å². The van der Waals surface area contributed by atoms with Crippen LogP contribution in [0.3, 0.4) is 0 Å². The molecule has 0 atom stereocenters. The van der Waals surface area contributed by atoms with Crippen LogP contribution in [0.2, 0.25) is 0 Å². The molecule has 0 radical (unpaired) electrons. The minimum absolute atomic E-state index is 0.0354. The Kier molecular flexibility index (Phi) is 12.5. The van der Waals surface area contributed by atoms with Gasteiger partial charge in [0.15, 0.2) is 11.2 Å². The largest absolute Gasteiger partial charge is 0.452 e. The molecular weight excluding hydrogens is 1330 g/mol. The second-order valence-electron chi connectivity index (χ2n) is 35.2. The summed E-state index contributed by atoms with van der Waals surface area (Å²) in [5, 5.41) is 3.43. The van der Waals surface area contributed by atoms with Crippen LogP contribution in [0.25, 0.3) is 121 Å². The van der Waals surface area contributed by atoms with E-state index in [4.69, 9.17) is 11.3 Å².